The third kappa shape index (κ3) is 3.60. The van der Waals surface area contributed by atoms with Crippen LogP contribution in [-0.2, 0) is 0 Å². The van der Waals surface area contributed by atoms with Crippen LogP contribution in [0.15, 0.2) is 36.7 Å². The second kappa shape index (κ2) is 6.75. The lowest BCUT2D eigenvalue weighted by atomic mass is 10.2. The van der Waals surface area contributed by atoms with Gasteiger partial charge in [-0.1, -0.05) is 6.92 Å². The molecule has 0 saturated carbocycles. The molecule has 1 heterocycles. The molecule has 4 nitrogen and oxygen atoms in total. The van der Waals surface area contributed by atoms with Crippen molar-refractivity contribution in [2.75, 3.05) is 24.3 Å². The number of anilines is 3. The fourth-order valence-electron chi connectivity index (χ4n) is 1.76. The van der Waals surface area contributed by atoms with Gasteiger partial charge in [0.15, 0.2) is 0 Å². The van der Waals surface area contributed by atoms with Crippen LogP contribution in [0.1, 0.15) is 13.3 Å². The Kier molecular flexibility index (Phi) is 4.76. The van der Waals surface area contributed by atoms with Crippen LogP contribution >= 0.6 is 0 Å². The molecule has 5 heteroatoms. The molecule has 0 unspecified atom stereocenters. The van der Waals surface area contributed by atoms with E-state index in [1.165, 1.54) is 6.07 Å². The number of rotatable bonds is 6. The summed E-state index contributed by atoms with van der Waals surface area (Å²) in [5, 5.41) is 6.24. The van der Waals surface area contributed by atoms with Crippen LogP contribution in [0.5, 0.6) is 5.75 Å². The normalized spacial score (nSPS) is 10.2. The lowest BCUT2D eigenvalue weighted by Gasteiger charge is -2.11. The topological polar surface area (TPSA) is 46.2 Å². The maximum absolute atomic E-state index is 13.7. The second-order valence-electron chi connectivity index (χ2n) is 4.36. The third-order valence-electron chi connectivity index (χ3n) is 2.77. The van der Waals surface area contributed by atoms with Crippen LogP contribution in [0.4, 0.5) is 21.5 Å². The van der Waals surface area contributed by atoms with E-state index < -0.39 is 0 Å². The van der Waals surface area contributed by atoms with Gasteiger partial charge in [0.25, 0.3) is 0 Å². The highest BCUT2D eigenvalue weighted by Crippen LogP contribution is 2.25. The van der Waals surface area contributed by atoms with Crippen LogP contribution in [-0.4, -0.2) is 18.6 Å². The number of nitrogens with zero attached hydrogens (tertiary/aromatic N) is 1. The number of methoxy groups -OCH3 is 1. The number of nitrogens with one attached hydrogen (secondary N) is 2. The Morgan fingerprint density at radius 1 is 1.20 bits per heavy atom. The molecule has 1 aromatic heterocycles. The van der Waals surface area contributed by atoms with Crippen LogP contribution < -0.4 is 15.4 Å². The van der Waals surface area contributed by atoms with Crippen molar-refractivity contribution in [3.63, 3.8) is 0 Å². The number of benzene rings is 1. The minimum atomic E-state index is -0.335. The quantitative estimate of drug-likeness (QED) is 0.842. The first-order chi connectivity index (χ1) is 9.72. The van der Waals surface area contributed by atoms with Gasteiger partial charge in [0.1, 0.15) is 11.6 Å². The number of hydrogen-bond acceptors (Lipinski definition) is 4. The summed E-state index contributed by atoms with van der Waals surface area (Å²) in [4.78, 5) is 4.13. The summed E-state index contributed by atoms with van der Waals surface area (Å²) in [5.74, 6) is 0.264. The number of pyridine rings is 1. The summed E-state index contributed by atoms with van der Waals surface area (Å²) < 4.78 is 18.8. The lowest BCUT2D eigenvalue weighted by Crippen LogP contribution is -2.01. The molecule has 2 aromatic rings. The van der Waals surface area contributed by atoms with Crippen molar-refractivity contribution < 1.29 is 9.13 Å². The first kappa shape index (κ1) is 14.1. The van der Waals surface area contributed by atoms with Crippen LogP contribution in [0.3, 0.4) is 0 Å². The average molecular weight is 275 g/mol. The fraction of sp³-hybridized carbons (Fsp3) is 0.267. The van der Waals surface area contributed by atoms with Gasteiger partial charge in [-0.2, -0.15) is 0 Å². The van der Waals surface area contributed by atoms with Crippen molar-refractivity contribution in [1.82, 2.24) is 4.98 Å². The summed E-state index contributed by atoms with van der Waals surface area (Å²) in [6.07, 6.45) is 4.42. The lowest BCUT2D eigenvalue weighted by molar-refractivity contribution is 0.414. The molecule has 106 valence electrons. The largest absolute Gasteiger partial charge is 0.497 e. The minimum Gasteiger partial charge on any atom is -0.497 e. The molecule has 0 atom stereocenters. The minimum absolute atomic E-state index is 0.335. The summed E-state index contributed by atoms with van der Waals surface area (Å²) in [5.41, 5.74) is 1.98. The van der Waals surface area contributed by atoms with Crippen molar-refractivity contribution in [1.29, 1.82) is 0 Å². The molecule has 1 aromatic carbocycles. The number of halogens is 1. The monoisotopic (exact) mass is 275 g/mol. The summed E-state index contributed by atoms with van der Waals surface area (Å²) >= 11 is 0. The van der Waals surface area contributed by atoms with Crippen molar-refractivity contribution in [2.24, 2.45) is 0 Å². The molecule has 0 bridgehead atoms. The zero-order chi connectivity index (χ0) is 14.4. The van der Waals surface area contributed by atoms with Gasteiger partial charge < -0.3 is 15.4 Å². The number of ether oxygens (including phenoxy) is 1. The molecular formula is C15H18FN3O. The smallest absolute Gasteiger partial charge is 0.146 e. The van der Waals surface area contributed by atoms with Gasteiger partial charge in [-0.3, -0.25) is 4.98 Å². The van der Waals surface area contributed by atoms with Crippen molar-refractivity contribution >= 4 is 17.1 Å². The molecule has 0 aliphatic heterocycles. The molecule has 0 saturated heterocycles. The van der Waals surface area contributed by atoms with Gasteiger partial charge in [-0.05, 0) is 24.6 Å². The zero-order valence-electron chi connectivity index (χ0n) is 11.6. The maximum Gasteiger partial charge on any atom is 0.146 e. The molecule has 0 aliphatic carbocycles. The van der Waals surface area contributed by atoms with E-state index in [0.717, 1.165) is 24.3 Å². The Morgan fingerprint density at radius 2 is 2.00 bits per heavy atom. The molecule has 2 N–H and O–H groups in total. The molecule has 20 heavy (non-hydrogen) atoms. The highest BCUT2D eigenvalue weighted by Gasteiger charge is 2.05. The zero-order valence-corrected chi connectivity index (χ0v) is 11.6. The van der Waals surface area contributed by atoms with Crippen molar-refractivity contribution in [3.8, 4) is 5.75 Å². The van der Waals surface area contributed by atoms with Gasteiger partial charge in [0.05, 0.1) is 36.6 Å². The summed E-state index contributed by atoms with van der Waals surface area (Å²) in [6.45, 7) is 2.97. The Bertz CT molecular complexity index is 575. The Hall–Kier alpha value is -2.30. The molecule has 2 rings (SSSR count). The molecule has 0 amide bonds. The summed E-state index contributed by atoms with van der Waals surface area (Å²) in [6, 6.07) is 6.45. The maximum atomic E-state index is 13.7. The van der Waals surface area contributed by atoms with E-state index in [-0.39, 0.29) is 5.82 Å². The Labute approximate surface area is 118 Å². The molecule has 0 aliphatic rings. The van der Waals surface area contributed by atoms with Gasteiger partial charge >= 0.3 is 0 Å². The molecule has 0 spiro atoms. The average Bonchev–Trinajstić information content (AvgIpc) is 2.48. The second-order valence-corrected chi connectivity index (χ2v) is 4.36. The summed E-state index contributed by atoms with van der Waals surface area (Å²) in [7, 11) is 1.55. The predicted molar refractivity (Wildman–Crippen MR) is 79.3 cm³/mol. The first-order valence-electron chi connectivity index (χ1n) is 6.52. The van der Waals surface area contributed by atoms with E-state index in [2.05, 4.69) is 22.5 Å². The van der Waals surface area contributed by atoms with Crippen molar-refractivity contribution in [2.45, 2.75) is 13.3 Å². The van der Waals surface area contributed by atoms with Crippen LogP contribution in [0, 0.1) is 5.82 Å². The standard InChI is InChI=1S/C15H18FN3O/c1-3-6-18-11-7-12(10-17-9-11)19-15-8-13(20-2)4-5-14(15)16/h4-5,7-10,18-19H,3,6H2,1-2H3. The van der Waals surface area contributed by atoms with E-state index in [1.807, 2.05) is 6.07 Å². The van der Waals surface area contributed by atoms with E-state index >= 15 is 0 Å². The number of hydrogen-bond donors (Lipinski definition) is 2. The van der Waals surface area contributed by atoms with E-state index in [9.17, 15) is 4.39 Å². The third-order valence-corrected chi connectivity index (χ3v) is 2.77. The first-order valence-corrected chi connectivity index (χ1v) is 6.52. The van der Waals surface area contributed by atoms with Gasteiger partial charge in [-0.15, -0.1) is 0 Å². The SMILES string of the molecule is CCCNc1cncc(Nc2cc(OC)ccc2F)c1. The highest BCUT2D eigenvalue weighted by molar-refractivity contribution is 5.64. The Morgan fingerprint density at radius 3 is 2.75 bits per heavy atom. The van der Waals surface area contributed by atoms with E-state index in [1.54, 1.807) is 31.6 Å². The predicted octanol–water partition coefficient (Wildman–Crippen LogP) is 3.79. The van der Waals surface area contributed by atoms with Gasteiger partial charge in [-0.25, -0.2) is 4.39 Å². The van der Waals surface area contributed by atoms with Gasteiger partial charge in [0, 0.05) is 12.6 Å². The molecule has 0 radical (unpaired) electrons. The highest BCUT2D eigenvalue weighted by atomic mass is 19.1. The number of aromatic nitrogens is 1. The fourth-order valence-corrected chi connectivity index (χ4v) is 1.76. The van der Waals surface area contributed by atoms with E-state index in [4.69, 9.17) is 4.74 Å². The van der Waals surface area contributed by atoms with Crippen LogP contribution in [0.25, 0.3) is 0 Å². The van der Waals surface area contributed by atoms with E-state index in [0.29, 0.717) is 11.4 Å². The Balaban J connectivity index is 2.17. The van der Waals surface area contributed by atoms with Gasteiger partial charge in [0.2, 0.25) is 0 Å². The van der Waals surface area contributed by atoms with Crippen LogP contribution in [0.2, 0.25) is 0 Å². The molecular weight excluding hydrogens is 257 g/mol. The molecule has 0 fully saturated rings. The van der Waals surface area contributed by atoms with Crippen molar-refractivity contribution in [3.05, 3.63) is 42.5 Å².